The SMILES string of the molecule is Cc1cccc2c1N1CCCCC1C(=O)N2. The molecule has 0 radical (unpaired) electrons. The molecule has 0 saturated carbocycles. The molecule has 1 aromatic carbocycles. The fourth-order valence-electron chi connectivity index (χ4n) is 2.83. The average Bonchev–Trinajstić information content (AvgIpc) is 2.29. The number of fused-ring (bicyclic) bond motifs is 3. The number of nitrogens with one attached hydrogen (secondary N) is 1. The van der Waals surface area contributed by atoms with Crippen LogP contribution in [-0.2, 0) is 4.79 Å². The zero-order valence-corrected chi connectivity index (χ0v) is 9.49. The molecule has 0 spiro atoms. The molecule has 0 aliphatic carbocycles. The molecule has 3 nitrogen and oxygen atoms in total. The van der Waals surface area contributed by atoms with Gasteiger partial charge in [0, 0.05) is 6.54 Å². The van der Waals surface area contributed by atoms with Crippen LogP contribution in [0.4, 0.5) is 11.4 Å². The van der Waals surface area contributed by atoms with Crippen LogP contribution in [0.3, 0.4) is 0 Å². The predicted molar refractivity (Wildman–Crippen MR) is 64.8 cm³/mol. The van der Waals surface area contributed by atoms with Gasteiger partial charge in [0.2, 0.25) is 5.91 Å². The standard InChI is InChI=1S/C13H16N2O/c1-9-5-4-6-10-12(9)15-8-3-2-7-11(15)13(16)14-10/h4-6,11H,2-3,7-8H2,1H3,(H,14,16). The van der Waals surface area contributed by atoms with E-state index in [-0.39, 0.29) is 11.9 Å². The predicted octanol–water partition coefficient (Wildman–Crippen LogP) is 2.31. The van der Waals surface area contributed by atoms with E-state index >= 15 is 0 Å². The summed E-state index contributed by atoms with van der Waals surface area (Å²) < 4.78 is 0. The first-order valence-corrected chi connectivity index (χ1v) is 5.94. The van der Waals surface area contributed by atoms with E-state index in [0.29, 0.717) is 0 Å². The molecule has 2 aliphatic heterocycles. The summed E-state index contributed by atoms with van der Waals surface area (Å²) >= 11 is 0. The molecular weight excluding hydrogens is 200 g/mol. The number of carbonyl (C=O) groups excluding carboxylic acids is 1. The molecule has 1 saturated heterocycles. The number of para-hydroxylation sites is 1. The molecule has 0 bridgehead atoms. The van der Waals surface area contributed by atoms with Crippen molar-refractivity contribution in [3.8, 4) is 0 Å². The molecule has 1 N–H and O–H groups in total. The summed E-state index contributed by atoms with van der Waals surface area (Å²) in [6.07, 6.45) is 3.34. The number of rotatable bonds is 0. The Morgan fingerprint density at radius 2 is 2.25 bits per heavy atom. The van der Waals surface area contributed by atoms with Crippen LogP contribution in [-0.4, -0.2) is 18.5 Å². The number of amides is 1. The van der Waals surface area contributed by atoms with Gasteiger partial charge in [-0.1, -0.05) is 12.1 Å². The van der Waals surface area contributed by atoms with E-state index in [0.717, 1.165) is 25.1 Å². The first-order valence-electron chi connectivity index (χ1n) is 5.94. The van der Waals surface area contributed by atoms with Crippen molar-refractivity contribution in [2.24, 2.45) is 0 Å². The fraction of sp³-hybridized carbons (Fsp3) is 0.462. The Labute approximate surface area is 95.4 Å². The molecule has 1 unspecified atom stereocenters. The summed E-state index contributed by atoms with van der Waals surface area (Å²) in [6.45, 7) is 3.12. The van der Waals surface area contributed by atoms with Gasteiger partial charge in [-0.3, -0.25) is 4.79 Å². The fourth-order valence-corrected chi connectivity index (χ4v) is 2.83. The summed E-state index contributed by atoms with van der Waals surface area (Å²) in [6, 6.07) is 6.16. The van der Waals surface area contributed by atoms with Crippen LogP contribution >= 0.6 is 0 Å². The summed E-state index contributed by atoms with van der Waals surface area (Å²) in [7, 11) is 0. The lowest BCUT2D eigenvalue weighted by atomic mass is 9.96. The number of anilines is 2. The Kier molecular flexibility index (Phi) is 2.13. The quantitative estimate of drug-likeness (QED) is 0.721. The van der Waals surface area contributed by atoms with Crippen LogP contribution in [0.15, 0.2) is 18.2 Å². The Morgan fingerprint density at radius 3 is 3.12 bits per heavy atom. The van der Waals surface area contributed by atoms with Gasteiger partial charge in [-0.15, -0.1) is 0 Å². The molecule has 84 valence electrons. The van der Waals surface area contributed by atoms with Gasteiger partial charge in [-0.05, 0) is 37.8 Å². The van der Waals surface area contributed by atoms with Crippen molar-refractivity contribution in [2.75, 3.05) is 16.8 Å². The van der Waals surface area contributed by atoms with Crippen molar-refractivity contribution < 1.29 is 4.79 Å². The lowest BCUT2D eigenvalue weighted by Gasteiger charge is -2.41. The van der Waals surface area contributed by atoms with Gasteiger partial charge in [0.1, 0.15) is 6.04 Å². The highest BCUT2D eigenvalue weighted by Gasteiger charge is 2.34. The first-order chi connectivity index (χ1) is 7.77. The van der Waals surface area contributed by atoms with E-state index in [2.05, 4.69) is 23.2 Å². The molecule has 1 atom stereocenters. The molecule has 1 fully saturated rings. The van der Waals surface area contributed by atoms with Crippen molar-refractivity contribution in [1.29, 1.82) is 0 Å². The van der Waals surface area contributed by atoms with Gasteiger partial charge >= 0.3 is 0 Å². The molecule has 2 heterocycles. The molecule has 2 aliphatic rings. The first kappa shape index (κ1) is 9.70. The zero-order chi connectivity index (χ0) is 11.1. The highest BCUT2D eigenvalue weighted by atomic mass is 16.2. The van der Waals surface area contributed by atoms with E-state index in [1.54, 1.807) is 0 Å². The summed E-state index contributed by atoms with van der Waals surface area (Å²) in [5.41, 5.74) is 3.46. The number of hydrogen-bond donors (Lipinski definition) is 1. The second kappa shape index (κ2) is 3.51. The maximum Gasteiger partial charge on any atom is 0.247 e. The second-order valence-electron chi connectivity index (χ2n) is 4.67. The Hall–Kier alpha value is -1.51. The number of hydrogen-bond acceptors (Lipinski definition) is 2. The third-order valence-electron chi connectivity index (χ3n) is 3.59. The van der Waals surface area contributed by atoms with Crippen molar-refractivity contribution >= 4 is 17.3 Å². The van der Waals surface area contributed by atoms with E-state index in [9.17, 15) is 4.79 Å². The normalized spacial score (nSPS) is 23.4. The summed E-state index contributed by atoms with van der Waals surface area (Å²) in [5, 5.41) is 3.02. The second-order valence-corrected chi connectivity index (χ2v) is 4.67. The Morgan fingerprint density at radius 1 is 1.38 bits per heavy atom. The van der Waals surface area contributed by atoms with Crippen molar-refractivity contribution in [3.63, 3.8) is 0 Å². The van der Waals surface area contributed by atoms with E-state index < -0.39 is 0 Å². The number of nitrogens with zero attached hydrogens (tertiary/aromatic N) is 1. The maximum atomic E-state index is 11.9. The molecule has 0 aromatic heterocycles. The number of piperidine rings is 1. The minimum absolute atomic E-state index is 0.0577. The van der Waals surface area contributed by atoms with Crippen molar-refractivity contribution in [3.05, 3.63) is 23.8 Å². The lowest BCUT2D eigenvalue weighted by Crippen LogP contribution is -2.50. The van der Waals surface area contributed by atoms with Gasteiger partial charge in [0.05, 0.1) is 11.4 Å². The van der Waals surface area contributed by atoms with Crippen LogP contribution in [0.25, 0.3) is 0 Å². The van der Waals surface area contributed by atoms with E-state index in [1.165, 1.54) is 17.7 Å². The van der Waals surface area contributed by atoms with Crippen molar-refractivity contribution in [1.82, 2.24) is 0 Å². The third-order valence-corrected chi connectivity index (χ3v) is 3.59. The van der Waals surface area contributed by atoms with Gasteiger partial charge in [0.15, 0.2) is 0 Å². The molecule has 16 heavy (non-hydrogen) atoms. The van der Waals surface area contributed by atoms with E-state index in [1.807, 2.05) is 12.1 Å². The highest BCUT2D eigenvalue weighted by Crippen LogP contribution is 2.37. The molecule has 1 aromatic rings. The molecule has 3 rings (SSSR count). The topological polar surface area (TPSA) is 32.3 Å². The van der Waals surface area contributed by atoms with Crippen LogP contribution in [0.5, 0.6) is 0 Å². The van der Waals surface area contributed by atoms with E-state index in [4.69, 9.17) is 0 Å². The minimum Gasteiger partial charge on any atom is -0.358 e. The average molecular weight is 216 g/mol. The van der Waals surface area contributed by atoms with Gasteiger partial charge in [-0.25, -0.2) is 0 Å². The monoisotopic (exact) mass is 216 g/mol. The zero-order valence-electron chi connectivity index (χ0n) is 9.49. The number of benzene rings is 1. The molecule has 3 heteroatoms. The minimum atomic E-state index is 0.0577. The Balaban J connectivity index is 2.11. The summed E-state index contributed by atoms with van der Waals surface area (Å²) in [4.78, 5) is 14.2. The third kappa shape index (κ3) is 1.31. The number of aryl methyl sites for hydroxylation is 1. The lowest BCUT2D eigenvalue weighted by molar-refractivity contribution is -0.118. The Bertz CT molecular complexity index is 442. The summed E-state index contributed by atoms with van der Waals surface area (Å²) in [5.74, 6) is 0.165. The van der Waals surface area contributed by atoms with Crippen LogP contribution in [0.1, 0.15) is 24.8 Å². The van der Waals surface area contributed by atoms with Gasteiger partial charge in [0.25, 0.3) is 0 Å². The van der Waals surface area contributed by atoms with Crippen molar-refractivity contribution in [2.45, 2.75) is 32.2 Å². The van der Waals surface area contributed by atoms with Gasteiger partial charge < -0.3 is 10.2 Å². The molecular formula is C13H16N2O. The number of carbonyl (C=O) groups is 1. The smallest absolute Gasteiger partial charge is 0.247 e. The van der Waals surface area contributed by atoms with Crippen LogP contribution < -0.4 is 10.2 Å². The highest BCUT2D eigenvalue weighted by molar-refractivity contribution is 6.04. The molecule has 1 amide bonds. The van der Waals surface area contributed by atoms with Gasteiger partial charge in [-0.2, -0.15) is 0 Å². The maximum absolute atomic E-state index is 11.9. The van der Waals surface area contributed by atoms with Crippen LogP contribution in [0, 0.1) is 6.92 Å². The van der Waals surface area contributed by atoms with Crippen LogP contribution in [0.2, 0.25) is 0 Å². The largest absolute Gasteiger partial charge is 0.358 e.